The number of hydrogen-bond acceptors (Lipinski definition) is 3. The first kappa shape index (κ1) is 8.98. The number of hydrogen-bond donors (Lipinski definition) is 2. The summed E-state index contributed by atoms with van der Waals surface area (Å²) in [7, 11) is 0. The number of aliphatic hydroxyl groups is 2. The highest BCUT2D eigenvalue weighted by molar-refractivity contribution is 5.11. The summed E-state index contributed by atoms with van der Waals surface area (Å²) < 4.78 is 0. The molecule has 3 heteroatoms. The van der Waals surface area contributed by atoms with Crippen LogP contribution in [0.1, 0.15) is 25.7 Å². The van der Waals surface area contributed by atoms with Crippen LogP contribution in [0.15, 0.2) is 0 Å². The molecule has 0 heterocycles. The third-order valence-electron chi connectivity index (χ3n) is 3.79. The maximum absolute atomic E-state index is 9.73. The summed E-state index contributed by atoms with van der Waals surface area (Å²) in [4.78, 5) is 0. The molecular weight excluding hydrogens is 166 g/mol. The Morgan fingerprint density at radius 1 is 1.46 bits per heavy atom. The summed E-state index contributed by atoms with van der Waals surface area (Å²) in [5, 5.41) is 28.0. The molecule has 0 saturated heterocycles. The van der Waals surface area contributed by atoms with Crippen molar-refractivity contribution in [2.45, 2.75) is 31.8 Å². The molecule has 0 amide bonds. The van der Waals surface area contributed by atoms with Gasteiger partial charge in [0.2, 0.25) is 0 Å². The molecule has 3 saturated carbocycles. The predicted molar refractivity (Wildman–Crippen MR) is 46.6 cm³/mol. The molecule has 0 aliphatic heterocycles. The van der Waals surface area contributed by atoms with Crippen molar-refractivity contribution in [1.29, 1.82) is 5.26 Å². The maximum atomic E-state index is 9.73. The van der Waals surface area contributed by atoms with Crippen molar-refractivity contribution in [3.05, 3.63) is 0 Å². The average molecular weight is 181 g/mol. The highest BCUT2D eigenvalue weighted by Gasteiger charge is 2.51. The van der Waals surface area contributed by atoms with Crippen LogP contribution >= 0.6 is 0 Å². The Labute approximate surface area is 78.0 Å². The van der Waals surface area contributed by atoms with Crippen molar-refractivity contribution in [2.24, 2.45) is 17.3 Å². The van der Waals surface area contributed by atoms with Gasteiger partial charge in [-0.3, -0.25) is 0 Å². The van der Waals surface area contributed by atoms with Crippen LogP contribution in [0.3, 0.4) is 0 Å². The van der Waals surface area contributed by atoms with Gasteiger partial charge < -0.3 is 10.2 Å². The van der Waals surface area contributed by atoms with Gasteiger partial charge >= 0.3 is 0 Å². The van der Waals surface area contributed by atoms with Crippen molar-refractivity contribution in [3.8, 4) is 6.07 Å². The Balaban J connectivity index is 2.27. The molecule has 3 fully saturated rings. The van der Waals surface area contributed by atoms with E-state index in [-0.39, 0.29) is 18.6 Å². The summed E-state index contributed by atoms with van der Waals surface area (Å²) in [6.07, 6.45) is 3.26. The highest BCUT2D eigenvalue weighted by atomic mass is 16.3. The molecule has 3 aliphatic carbocycles. The topological polar surface area (TPSA) is 64.2 Å². The Kier molecular flexibility index (Phi) is 2.05. The van der Waals surface area contributed by atoms with Crippen LogP contribution in [-0.2, 0) is 0 Å². The molecule has 0 aromatic carbocycles. The monoisotopic (exact) mass is 181 g/mol. The van der Waals surface area contributed by atoms with Crippen LogP contribution in [0.25, 0.3) is 0 Å². The molecule has 0 radical (unpaired) electrons. The fourth-order valence-corrected chi connectivity index (χ4v) is 3.07. The second kappa shape index (κ2) is 2.97. The second-order valence-electron chi connectivity index (χ2n) is 4.48. The van der Waals surface area contributed by atoms with E-state index in [4.69, 9.17) is 5.26 Å². The zero-order chi connectivity index (χ0) is 9.47. The molecule has 3 aliphatic rings. The molecule has 13 heavy (non-hydrogen) atoms. The Hall–Kier alpha value is -0.590. The van der Waals surface area contributed by atoms with E-state index in [2.05, 4.69) is 6.07 Å². The maximum Gasteiger partial charge on any atom is 0.0859 e. The zero-order valence-electron chi connectivity index (χ0n) is 7.61. The standard InChI is InChI=1S/C10H15NO2/c11-5-10(6-12)4-7-1-2-8(10)9(13)3-7/h7-9,12-13H,1-4,6H2. The largest absolute Gasteiger partial charge is 0.395 e. The van der Waals surface area contributed by atoms with E-state index in [9.17, 15) is 10.2 Å². The molecule has 4 atom stereocenters. The van der Waals surface area contributed by atoms with Crippen molar-refractivity contribution < 1.29 is 10.2 Å². The predicted octanol–water partition coefficient (Wildman–Crippen LogP) is 0.670. The van der Waals surface area contributed by atoms with E-state index in [1.54, 1.807) is 0 Å². The first-order valence-electron chi connectivity index (χ1n) is 4.92. The van der Waals surface area contributed by atoms with Gasteiger partial charge in [0.05, 0.1) is 24.2 Å². The van der Waals surface area contributed by atoms with E-state index in [0.29, 0.717) is 5.92 Å². The van der Waals surface area contributed by atoms with Gasteiger partial charge in [-0.05, 0) is 31.6 Å². The van der Waals surface area contributed by atoms with Crippen molar-refractivity contribution in [3.63, 3.8) is 0 Å². The molecular formula is C10H15NO2. The summed E-state index contributed by atoms with van der Waals surface area (Å²) in [6, 6.07) is 2.22. The average Bonchev–Trinajstić information content (AvgIpc) is 2.18. The molecule has 3 nitrogen and oxygen atoms in total. The van der Waals surface area contributed by atoms with Crippen LogP contribution in [0, 0.1) is 28.6 Å². The number of rotatable bonds is 1. The molecule has 2 N–H and O–H groups in total. The van der Waals surface area contributed by atoms with Gasteiger partial charge in [-0.1, -0.05) is 0 Å². The lowest BCUT2D eigenvalue weighted by Crippen LogP contribution is -2.50. The minimum absolute atomic E-state index is 0.00694. The van der Waals surface area contributed by atoms with Crippen LogP contribution in [-0.4, -0.2) is 22.9 Å². The number of fused-ring (bicyclic) bond motifs is 3. The van der Waals surface area contributed by atoms with Gasteiger partial charge in [0, 0.05) is 5.92 Å². The molecule has 0 aromatic rings. The van der Waals surface area contributed by atoms with Gasteiger partial charge in [0.25, 0.3) is 0 Å². The first-order valence-corrected chi connectivity index (χ1v) is 4.92. The lowest BCUT2D eigenvalue weighted by atomic mass is 9.55. The minimum atomic E-state index is -0.638. The SMILES string of the molecule is N#CC1(CO)CC2CCC1C(O)C2. The van der Waals surface area contributed by atoms with E-state index < -0.39 is 5.41 Å². The number of aliphatic hydroxyl groups excluding tert-OH is 2. The molecule has 2 bridgehead atoms. The van der Waals surface area contributed by atoms with Gasteiger partial charge in [-0.15, -0.1) is 0 Å². The smallest absolute Gasteiger partial charge is 0.0859 e. The van der Waals surface area contributed by atoms with Crippen LogP contribution in [0.2, 0.25) is 0 Å². The lowest BCUT2D eigenvalue weighted by Gasteiger charge is -2.49. The third kappa shape index (κ3) is 1.17. The van der Waals surface area contributed by atoms with Crippen LogP contribution in [0.4, 0.5) is 0 Å². The Morgan fingerprint density at radius 2 is 2.23 bits per heavy atom. The van der Waals surface area contributed by atoms with E-state index >= 15 is 0 Å². The Bertz CT molecular complexity index is 248. The number of nitrogens with zero attached hydrogens (tertiary/aromatic N) is 1. The first-order chi connectivity index (χ1) is 6.22. The molecule has 0 aromatic heterocycles. The van der Waals surface area contributed by atoms with E-state index in [0.717, 1.165) is 25.7 Å². The van der Waals surface area contributed by atoms with E-state index in [1.807, 2.05) is 0 Å². The summed E-state index contributed by atoms with van der Waals surface area (Å²) in [5.74, 6) is 0.458. The fraction of sp³-hybridized carbons (Fsp3) is 0.900. The molecule has 0 spiro atoms. The molecule has 72 valence electrons. The van der Waals surface area contributed by atoms with Crippen LogP contribution < -0.4 is 0 Å². The van der Waals surface area contributed by atoms with Gasteiger partial charge in [-0.2, -0.15) is 5.26 Å². The second-order valence-corrected chi connectivity index (χ2v) is 4.48. The zero-order valence-corrected chi connectivity index (χ0v) is 7.61. The van der Waals surface area contributed by atoms with Gasteiger partial charge in [0.15, 0.2) is 0 Å². The fourth-order valence-electron chi connectivity index (χ4n) is 3.07. The summed E-state index contributed by atoms with van der Waals surface area (Å²) >= 11 is 0. The highest BCUT2D eigenvalue weighted by Crippen LogP contribution is 2.51. The van der Waals surface area contributed by atoms with Gasteiger partial charge in [0.1, 0.15) is 0 Å². The minimum Gasteiger partial charge on any atom is -0.395 e. The lowest BCUT2D eigenvalue weighted by molar-refractivity contribution is -0.0856. The van der Waals surface area contributed by atoms with Crippen molar-refractivity contribution >= 4 is 0 Å². The van der Waals surface area contributed by atoms with Gasteiger partial charge in [-0.25, -0.2) is 0 Å². The van der Waals surface area contributed by atoms with Crippen molar-refractivity contribution in [1.82, 2.24) is 0 Å². The molecule has 4 unspecified atom stereocenters. The molecule has 3 rings (SSSR count). The van der Waals surface area contributed by atoms with Crippen molar-refractivity contribution in [2.75, 3.05) is 6.61 Å². The third-order valence-corrected chi connectivity index (χ3v) is 3.79. The quantitative estimate of drug-likeness (QED) is 0.625. The number of nitriles is 1. The summed E-state index contributed by atoms with van der Waals surface area (Å²) in [6.45, 7) is -0.0955. The normalized spacial score (nSPS) is 48.8. The summed E-state index contributed by atoms with van der Waals surface area (Å²) in [5.41, 5.74) is -0.638. The van der Waals surface area contributed by atoms with Crippen LogP contribution in [0.5, 0.6) is 0 Å². The Morgan fingerprint density at radius 3 is 2.62 bits per heavy atom. The van der Waals surface area contributed by atoms with E-state index in [1.165, 1.54) is 0 Å².